The lowest BCUT2D eigenvalue weighted by Gasteiger charge is -2.11. The Labute approximate surface area is 278 Å². The lowest BCUT2D eigenvalue weighted by atomic mass is 9.97. The van der Waals surface area contributed by atoms with Crippen LogP contribution in [0.3, 0.4) is 0 Å². The van der Waals surface area contributed by atoms with Crippen LogP contribution in [0, 0.1) is 0 Å². The second-order valence-electron chi connectivity index (χ2n) is 11.8. The van der Waals surface area contributed by atoms with Crippen molar-refractivity contribution in [1.82, 2.24) is 19.9 Å². The fourth-order valence-electron chi connectivity index (χ4n) is 6.77. The molecule has 4 heterocycles. The Bertz CT molecular complexity index is 2840. The zero-order valence-electron chi connectivity index (χ0n) is 25.5. The van der Waals surface area contributed by atoms with Crippen molar-refractivity contribution in [3.63, 3.8) is 0 Å². The summed E-state index contributed by atoms with van der Waals surface area (Å²) < 4.78 is 9.16. The molecule has 5 nitrogen and oxygen atoms in total. The summed E-state index contributed by atoms with van der Waals surface area (Å²) in [5.41, 5.74) is 7.33. The van der Waals surface area contributed by atoms with Gasteiger partial charge in [-0.3, -0.25) is 4.98 Å². The fourth-order valence-corrected chi connectivity index (χ4v) is 7.90. The number of aromatic nitrogens is 4. The van der Waals surface area contributed by atoms with Crippen LogP contribution in [0.15, 0.2) is 150 Å². The average Bonchev–Trinajstić information content (AvgIpc) is 3.72. The second kappa shape index (κ2) is 10.7. The standard InChI is InChI=1S/C42H24N4OS/c1-3-11-25(12-4-1)28-20-21-31(38-32-23-27-15-10-22-43-33(27)24-34(32)47-39(28)38)42-45-40(26-13-5-2-6-14-26)44-41(46-42)30-17-9-19-36-37(30)29-16-7-8-18-35(29)48-36/h1-24H. The van der Waals surface area contributed by atoms with Gasteiger partial charge in [0.05, 0.1) is 5.52 Å². The maximum absolute atomic E-state index is 6.72. The van der Waals surface area contributed by atoms with Gasteiger partial charge < -0.3 is 4.42 Å². The first-order valence-electron chi connectivity index (χ1n) is 15.8. The van der Waals surface area contributed by atoms with Gasteiger partial charge in [0.2, 0.25) is 0 Å². The number of thiophene rings is 1. The highest BCUT2D eigenvalue weighted by Crippen LogP contribution is 2.43. The minimum absolute atomic E-state index is 0.592. The molecular formula is C42H24N4OS. The van der Waals surface area contributed by atoms with E-state index in [0.717, 1.165) is 66.0 Å². The summed E-state index contributed by atoms with van der Waals surface area (Å²) >= 11 is 1.79. The predicted molar refractivity (Wildman–Crippen MR) is 197 cm³/mol. The number of pyridine rings is 1. The van der Waals surface area contributed by atoms with E-state index in [1.807, 2.05) is 54.7 Å². The van der Waals surface area contributed by atoms with Gasteiger partial charge in [-0.2, -0.15) is 0 Å². The van der Waals surface area contributed by atoms with Gasteiger partial charge in [0.25, 0.3) is 0 Å². The van der Waals surface area contributed by atoms with Gasteiger partial charge in [-0.05, 0) is 42.0 Å². The number of furan rings is 1. The van der Waals surface area contributed by atoms with E-state index in [-0.39, 0.29) is 0 Å². The molecule has 0 spiro atoms. The molecule has 0 saturated carbocycles. The zero-order chi connectivity index (χ0) is 31.6. The second-order valence-corrected chi connectivity index (χ2v) is 12.9. The Hall–Kier alpha value is -6.24. The molecule has 0 amide bonds. The van der Waals surface area contributed by atoms with Crippen molar-refractivity contribution in [3.05, 3.63) is 146 Å². The van der Waals surface area contributed by atoms with Crippen LogP contribution in [0.4, 0.5) is 0 Å². The topological polar surface area (TPSA) is 64.7 Å². The minimum atomic E-state index is 0.592. The van der Waals surface area contributed by atoms with Crippen LogP contribution in [-0.4, -0.2) is 19.9 Å². The maximum Gasteiger partial charge on any atom is 0.164 e. The Morgan fingerprint density at radius 2 is 1.17 bits per heavy atom. The first-order chi connectivity index (χ1) is 23.8. The highest BCUT2D eigenvalue weighted by molar-refractivity contribution is 7.25. The fraction of sp³-hybridized carbons (Fsp3) is 0. The molecule has 224 valence electrons. The van der Waals surface area contributed by atoms with Crippen LogP contribution in [-0.2, 0) is 0 Å². The number of hydrogen-bond donors (Lipinski definition) is 0. The number of rotatable bonds is 4. The summed E-state index contributed by atoms with van der Waals surface area (Å²) in [4.78, 5) is 20.1. The molecule has 0 aliphatic carbocycles. The lowest BCUT2D eigenvalue weighted by molar-refractivity contribution is 0.670. The van der Waals surface area contributed by atoms with Gasteiger partial charge in [-0.25, -0.2) is 15.0 Å². The van der Waals surface area contributed by atoms with Crippen LogP contribution in [0.2, 0.25) is 0 Å². The van der Waals surface area contributed by atoms with Crippen LogP contribution in [0.5, 0.6) is 0 Å². The molecule has 0 unspecified atom stereocenters. The molecule has 10 rings (SSSR count). The van der Waals surface area contributed by atoms with E-state index in [1.54, 1.807) is 11.3 Å². The molecule has 0 atom stereocenters. The highest BCUT2D eigenvalue weighted by atomic mass is 32.1. The number of fused-ring (bicyclic) bond motifs is 7. The molecule has 4 aromatic heterocycles. The van der Waals surface area contributed by atoms with Crippen LogP contribution in [0.1, 0.15) is 0 Å². The molecule has 0 fully saturated rings. The first kappa shape index (κ1) is 26.9. The smallest absolute Gasteiger partial charge is 0.164 e. The van der Waals surface area contributed by atoms with E-state index >= 15 is 0 Å². The molecule has 10 aromatic rings. The summed E-state index contributed by atoms with van der Waals surface area (Å²) in [6.07, 6.45) is 1.81. The first-order valence-corrected chi connectivity index (χ1v) is 16.6. The molecule has 0 aliphatic rings. The van der Waals surface area contributed by atoms with E-state index in [9.17, 15) is 0 Å². The molecule has 0 N–H and O–H groups in total. The normalized spacial score (nSPS) is 11.8. The van der Waals surface area contributed by atoms with Gasteiger partial charge in [0, 0.05) is 70.8 Å². The van der Waals surface area contributed by atoms with Crippen LogP contribution < -0.4 is 0 Å². The molecule has 6 aromatic carbocycles. The Balaban J connectivity index is 1.30. The maximum atomic E-state index is 6.72. The third-order valence-electron chi connectivity index (χ3n) is 8.98. The van der Waals surface area contributed by atoms with Crippen LogP contribution in [0.25, 0.3) is 98.3 Å². The third-order valence-corrected chi connectivity index (χ3v) is 10.1. The molecule has 0 aliphatic heterocycles. The van der Waals surface area contributed by atoms with Gasteiger partial charge in [-0.15, -0.1) is 11.3 Å². The van der Waals surface area contributed by atoms with Crippen molar-refractivity contribution >= 4 is 64.4 Å². The van der Waals surface area contributed by atoms with Crippen molar-refractivity contribution in [2.45, 2.75) is 0 Å². The largest absolute Gasteiger partial charge is 0.455 e. The third kappa shape index (κ3) is 4.24. The van der Waals surface area contributed by atoms with Gasteiger partial charge >= 0.3 is 0 Å². The minimum Gasteiger partial charge on any atom is -0.455 e. The van der Waals surface area contributed by atoms with E-state index in [2.05, 4.69) is 96.0 Å². The zero-order valence-corrected chi connectivity index (χ0v) is 26.3. The lowest BCUT2D eigenvalue weighted by Crippen LogP contribution is -2.01. The Kier molecular flexibility index (Phi) is 5.98. The van der Waals surface area contributed by atoms with Crippen molar-refractivity contribution in [2.75, 3.05) is 0 Å². The number of hydrogen-bond acceptors (Lipinski definition) is 6. The summed E-state index contributed by atoms with van der Waals surface area (Å²) in [7, 11) is 0. The predicted octanol–water partition coefficient (Wildman–Crippen LogP) is 11.4. The van der Waals surface area contributed by atoms with Gasteiger partial charge in [-0.1, -0.05) is 97.1 Å². The molecule has 6 heteroatoms. The number of nitrogens with zero attached hydrogens (tertiary/aromatic N) is 4. The van der Waals surface area contributed by atoms with E-state index < -0.39 is 0 Å². The van der Waals surface area contributed by atoms with Gasteiger partial charge in [0.1, 0.15) is 11.2 Å². The summed E-state index contributed by atoms with van der Waals surface area (Å²) in [5.74, 6) is 1.85. The van der Waals surface area contributed by atoms with E-state index in [1.165, 1.54) is 14.8 Å². The Morgan fingerprint density at radius 3 is 2.00 bits per heavy atom. The number of benzene rings is 6. The quantitative estimate of drug-likeness (QED) is 0.193. The SMILES string of the molecule is c1ccc(-c2nc(-c3cccc4sc5ccccc5c34)nc(-c3ccc(-c4ccccc4)c4oc5cc6ncccc6cc5c34)n2)cc1. The molecule has 48 heavy (non-hydrogen) atoms. The van der Waals surface area contributed by atoms with E-state index in [4.69, 9.17) is 19.4 Å². The van der Waals surface area contributed by atoms with E-state index in [0.29, 0.717) is 17.5 Å². The molecular weight excluding hydrogens is 609 g/mol. The summed E-state index contributed by atoms with van der Waals surface area (Å²) in [5, 5.41) is 5.36. The molecule has 0 bridgehead atoms. The van der Waals surface area contributed by atoms with Crippen molar-refractivity contribution in [2.24, 2.45) is 0 Å². The molecule has 0 radical (unpaired) electrons. The monoisotopic (exact) mass is 632 g/mol. The molecule has 0 saturated heterocycles. The summed E-state index contributed by atoms with van der Waals surface area (Å²) in [6.45, 7) is 0. The average molecular weight is 633 g/mol. The van der Waals surface area contributed by atoms with Gasteiger partial charge in [0.15, 0.2) is 17.5 Å². The highest BCUT2D eigenvalue weighted by Gasteiger charge is 2.22. The van der Waals surface area contributed by atoms with Crippen molar-refractivity contribution in [1.29, 1.82) is 0 Å². The summed E-state index contributed by atoms with van der Waals surface area (Å²) in [6, 6.07) is 47.9. The van der Waals surface area contributed by atoms with Crippen molar-refractivity contribution < 1.29 is 4.42 Å². The van der Waals surface area contributed by atoms with Crippen LogP contribution >= 0.6 is 11.3 Å². The van der Waals surface area contributed by atoms with Crippen molar-refractivity contribution in [3.8, 4) is 45.3 Å². The Morgan fingerprint density at radius 1 is 0.479 bits per heavy atom.